The summed E-state index contributed by atoms with van der Waals surface area (Å²) in [6, 6.07) is 3.85. The van der Waals surface area contributed by atoms with E-state index in [9.17, 15) is 4.79 Å². The number of fused-ring (bicyclic) bond motifs is 1. The lowest BCUT2D eigenvalue weighted by atomic mass is 10.2. The lowest BCUT2D eigenvalue weighted by molar-refractivity contribution is 0.1000. The summed E-state index contributed by atoms with van der Waals surface area (Å²) in [5, 5.41) is 6.69. The maximum absolute atomic E-state index is 11.0. The van der Waals surface area contributed by atoms with Gasteiger partial charge < -0.3 is 16.4 Å². The quantitative estimate of drug-likeness (QED) is 0.657. The summed E-state index contributed by atoms with van der Waals surface area (Å²) in [7, 11) is 0. The van der Waals surface area contributed by atoms with Crippen molar-refractivity contribution < 1.29 is 4.79 Å². The molecule has 2 unspecified atom stereocenters. The van der Waals surface area contributed by atoms with Crippen molar-refractivity contribution in [3.63, 3.8) is 0 Å². The van der Waals surface area contributed by atoms with Crippen LogP contribution in [0.15, 0.2) is 18.3 Å². The Kier molecular flexibility index (Phi) is 2.07. The van der Waals surface area contributed by atoms with E-state index in [1.165, 1.54) is 0 Å². The number of primary amides is 1. The Balaban J connectivity index is 1.71. The summed E-state index contributed by atoms with van der Waals surface area (Å²) in [5.41, 5.74) is 5.72. The lowest BCUT2D eigenvalue weighted by Gasteiger charge is -2.08. The summed E-state index contributed by atoms with van der Waals surface area (Å²) in [5.74, 6) is 1.77. The van der Waals surface area contributed by atoms with Crippen molar-refractivity contribution >= 4 is 11.7 Å². The number of rotatable bonds is 3. The summed E-state index contributed by atoms with van der Waals surface area (Å²) in [6.07, 6.45) is 1.61. The molecule has 2 aliphatic rings. The molecule has 1 amide bonds. The zero-order valence-electron chi connectivity index (χ0n) is 8.81. The maximum Gasteiger partial charge on any atom is 0.248 e. The van der Waals surface area contributed by atoms with E-state index in [2.05, 4.69) is 15.6 Å². The zero-order chi connectivity index (χ0) is 11.1. The lowest BCUT2D eigenvalue weighted by Crippen LogP contribution is -2.22. The van der Waals surface area contributed by atoms with Gasteiger partial charge in [0, 0.05) is 30.9 Å². The highest BCUT2D eigenvalue weighted by Gasteiger charge is 2.53. The molecule has 1 aromatic rings. The third-order valence-electron chi connectivity index (χ3n) is 3.45. The van der Waals surface area contributed by atoms with Gasteiger partial charge >= 0.3 is 0 Å². The highest BCUT2D eigenvalue weighted by Crippen LogP contribution is 2.43. The SMILES string of the molecule is NC(=O)c1ccnc(NC2C3CNCC32)c1. The van der Waals surface area contributed by atoms with Crippen LogP contribution in [0.1, 0.15) is 10.4 Å². The molecule has 0 aromatic carbocycles. The number of nitrogens with zero attached hydrogens (tertiary/aromatic N) is 1. The number of nitrogens with one attached hydrogen (secondary N) is 2. The minimum Gasteiger partial charge on any atom is -0.367 e. The molecule has 2 fully saturated rings. The molecule has 2 atom stereocenters. The topological polar surface area (TPSA) is 80.0 Å². The number of pyridine rings is 1. The van der Waals surface area contributed by atoms with Crippen molar-refractivity contribution in [3.05, 3.63) is 23.9 Å². The second kappa shape index (κ2) is 3.45. The van der Waals surface area contributed by atoms with Gasteiger partial charge in [-0.15, -0.1) is 0 Å². The van der Waals surface area contributed by atoms with Gasteiger partial charge in [-0.3, -0.25) is 4.79 Å². The molecule has 1 aliphatic carbocycles. The van der Waals surface area contributed by atoms with E-state index in [4.69, 9.17) is 5.73 Å². The van der Waals surface area contributed by atoms with Gasteiger partial charge in [-0.05, 0) is 24.0 Å². The Morgan fingerprint density at radius 2 is 2.25 bits per heavy atom. The van der Waals surface area contributed by atoms with Crippen LogP contribution in [0.2, 0.25) is 0 Å². The second-order valence-corrected chi connectivity index (χ2v) is 4.45. The van der Waals surface area contributed by atoms with Crippen LogP contribution in [-0.2, 0) is 0 Å². The van der Waals surface area contributed by atoms with Crippen LogP contribution >= 0.6 is 0 Å². The number of amides is 1. The van der Waals surface area contributed by atoms with Crippen molar-refractivity contribution in [3.8, 4) is 0 Å². The highest BCUT2D eigenvalue weighted by atomic mass is 16.1. The zero-order valence-corrected chi connectivity index (χ0v) is 8.81. The second-order valence-electron chi connectivity index (χ2n) is 4.45. The number of piperidine rings is 1. The molecule has 4 N–H and O–H groups in total. The van der Waals surface area contributed by atoms with Crippen LogP contribution < -0.4 is 16.4 Å². The fourth-order valence-corrected chi connectivity index (χ4v) is 2.47. The number of anilines is 1. The minimum atomic E-state index is -0.414. The van der Waals surface area contributed by atoms with E-state index in [1.54, 1.807) is 18.3 Å². The van der Waals surface area contributed by atoms with Gasteiger partial charge in [-0.2, -0.15) is 0 Å². The maximum atomic E-state index is 11.0. The van der Waals surface area contributed by atoms with E-state index < -0.39 is 5.91 Å². The van der Waals surface area contributed by atoms with E-state index in [0.29, 0.717) is 11.6 Å². The number of carbonyl (C=O) groups excluding carboxylic acids is 1. The van der Waals surface area contributed by atoms with Crippen molar-refractivity contribution in [1.29, 1.82) is 0 Å². The average molecular weight is 218 g/mol. The molecule has 2 heterocycles. The molecule has 1 aliphatic heterocycles. The predicted octanol–water partition coefficient (Wildman–Crippen LogP) is -0.190. The van der Waals surface area contributed by atoms with Crippen molar-refractivity contribution in [1.82, 2.24) is 10.3 Å². The smallest absolute Gasteiger partial charge is 0.248 e. The van der Waals surface area contributed by atoms with Gasteiger partial charge in [0.2, 0.25) is 5.91 Å². The van der Waals surface area contributed by atoms with Gasteiger partial charge in [0.1, 0.15) is 5.82 Å². The standard InChI is InChI=1S/C11H14N4O/c12-11(16)6-1-2-14-9(3-6)15-10-7-4-13-5-8(7)10/h1-3,7-8,10,13H,4-5H2,(H2,12,16)(H,14,15). The number of hydrogen-bond acceptors (Lipinski definition) is 4. The Morgan fingerprint density at radius 1 is 1.50 bits per heavy atom. The van der Waals surface area contributed by atoms with Crippen LogP contribution in [0, 0.1) is 11.8 Å². The highest BCUT2D eigenvalue weighted by molar-refractivity contribution is 5.93. The third kappa shape index (κ3) is 1.53. The summed E-state index contributed by atoms with van der Waals surface area (Å²) in [6.45, 7) is 2.16. The number of nitrogens with two attached hydrogens (primary N) is 1. The number of aromatic nitrogens is 1. The summed E-state index contributed by atoms with van der Waals surface area (Å²) >= 11 is 0. The monoisotopic (exact) mass is 218 g/mol. The van der Waals surface area contributed by atoms with Crippen LogP contribution in [0.4, 0.5) is 5.82 Å². The Hall–Kier alpha value is -1.62. The molecule has 84 valence electrons. The Morgan fingerprint density at radius 3 is 2.94 bits per heavy atom. The molecule has 0 spiro atoms. The van der Waals surface area contributed by atoms with Gasteiger partial charge in [0.05, 0.1) is 0 Å². The van der Waals surface area contributed by atoms with Crippen LogP contribution in [0.3, 0.4) is 0 Å². The summed E-state index contributed by atoms with van der Waals surface area (Å²) < 4.78 is 0. The van der Waals surface area contributed by atoms with Crippen molar-refractivity contribution in [2.75, 3.05) is 18.4 Å². The number of carbonyl (C=O) groups is 1. The van der Waals surface area contributed by atoms with Crippen molar-refractivity contribution in [2.45, 2.75) is 6.04 Å². The Labute approximate surface area is 93.4 Å². The van der Waals surface area contributed by atoms with E-state index in [-0.39, 0.29) is 0 Å². The van der Waals surface area contributed by atoms with Gasteiger partial charge in [-0.25, -0.2) is 4.98 Å². The third-order valence-corrected chi connectivity index (χ3v) is 3.45. The van der Waals surface area contributed by atoms with E-state index in [0.717, 1.165) is 30.7 Å². The fraction of sp³-hybridized carbons (Fsp3) is 0.455. The van der Waals surface area contributed by atoms with Crippen molar-refractivity contribution in [2.24, 2.45) is 17.6 Å². The van der Waals surface area contributed by atoms with Gasteiger partial charge in [0.15, 0.2) is 0 Å². The first kappa shape index (κ1) is 9.59. The molecule has 0 radical (unpaired) electrons. The van der Waals surface area contributed by atoms with Crippen LogP contribution in [-0.4, -0.2) is 30.0 Å². The molecule has 0 bridgehead atoms. The Bertz CT molecular complexity index is 424. The van der Waals surface area contributed by atoms with E-state index >= 15 is 0 Å². The molecule has 5 heteroatoms. The average Bonchev–Trinajstić information content (AvgIpc) is 2.75. The van der Waals surface area contributed by atoms with Gasteiger partial charge in [0.25, 0.3) is 0 Å². The number of hydrogen-bond donors (Lipinski definition) is 3. The molecular weight excluding hydrogens is 204 g/mol. The fourth-order valence-electron chi connectivity index (χ4n) is 2.47. The normalized spacial score (nSPS) is 30.9. The molecule has 3 rings (SSSR count). The molecule has 1 aromatic heterocycles. The van der Waals surface area contributed by atoms with Crippen LogP contribution in [0.5, 0.6) is 0 Å². The summed E-state index contributed by atoms with van der Waals surface area (Å²) in [4.78, 5) is 15.2. The molecule has 1 saturated carbocycles. The molecule has 5 nitrogen and oxygen atoms in total. The molecule has 1 saturated heterocycles. The first-order chi connectivity index (χ1) is 7.75. The van der Waals surface area contributed by atoms with Crippen LogP contribution in [0.25, 0.3) is 0 Å². The molecule has 16 heavy (non-hydrogen) atoms. The first-order valence-corrected chi connectivity index (χ1v) is 5.49. The molecular formula is C11H14N4O. The van der Waals surface area contributed by atoms with E-state index in [1.807, 2.05) is 0 Å². The minimum absolute atomic E-state index is 0.414. The first-order valence-electron chi connectivity index (χ1n) is 5.49. The van der Waals surface area contributed by atoms with Gasteiger partial charge in [-0.1, -0.05) is 0 Å². The largest absolute Gasteiger partial charge is 0.367 e. The predicted molar refractivity (Wildman–Crippen MR) is 60.0 cm³/mol.